The smallest absolute Gasteiger partial charge is 0.169 e. The van der Waals surface area contributed by atoms with Crippen LogP contribution in [0.2, 0.25) is 0 Å². The maximum absolute atomic E-state index is 5.68. The summed E-state index contributed by atoms with van der Waals surface area (Å²) in [7, 11) is 0. The highest BCUT2D eigenvalue weighted by atomic mass is 79.9. The summed E-state index contributed by atoms with van der Waals surface area (Å²) in [5.74, 6) is 0. The first-order valence-corrected chi connectivity index (χ1v) is 6.31. The zero-order valence-electron chi connectivity index (χ0n) is 9.76. The van der Waals surface area contributed by atoms with E-state index in [2.05, 4.69) is 26.0 Å². The molecule has 3 rings (SSSR count). The van der Waals surface area contributed by atoms with E-state index in [0.717, 1.165) is 32.6 Å². The summed E-state index contributed by atoms with van der Waals surface area (Å²) in [6.45, 7) is 1.95. The lowest BCUT2D eigenvalue weighted by molar-refractivity contribution is 0.919. The van der Waals surface area contributed by atoms with E-state index in [0.29, 0.717) is 0 Å². The van der Waals surface area contributed by atoms with Gasteiger partial charge in [-0.3, -0.25) is 0 Å². The normalized spacial score (nSPS) is 11.0. The minimum atomic E-state index is 0.755. The van der Waals surface area contributed by atoms with E-state index < -0.39 is 0 Å². The predicted octanol–water partition coefficient (Wildman–Crippen LogP) is 3.05. The first-order chi connectivity index (χ1) is 8.65. The van der Waals surface area contributed by atoms with Gasteiger partial charge < -0.3 is 5.73 Å². The van der Waals surface area contributed by atoms with Crippen molar-refractivity contribution >= 4 is 27.3 Å². The summed E-state index contributed by atoms with van der Waals surface area (Å²) in [5, 5.41) is 4.40. The second kappa shape index (κ2) is 4.10. The van der Waals surface area contributed by atoms with Crippen molar-refractivity contribution in [3.05, 3.63) is 46.8 Å². The summed E-state index contributed by atoms with van der Waals surface area (Å²) in [6, 6.07) is 7.71. The quantitative estimate of drug-likeness (QED) is 0.703. The molecule has 0 saturated carbocycles. The van der Waals surface area contributed by atoms with Crippen molar-refractivity contribution in [3.63, 3.8) is 0 Å². The van der Waals surface area contributed by atoms with Crippen LogP contribution in [-0.4, -0.2) is 14.6 Å². The van der Waals surface area contributed by atoms with E-state index in [1.54, 1.807) is 4.52 Å². The predicted molar refractivity (Wildman–Crippen MR) is 75.3 cm³/mol. The van der Waals surface area contributed by atoms with Gasteiger partial charge in [-0.2, -0.15) is 5.10 Å². The molecule has 1 aromatic carbocycles. The number of hydrogen-bond acceptors (Lipinski definition) is 3. The van der Waals surface area contributed by atoms with Crippen LogP contribution in [-0.2, 0) is 0 Å². The molecule has 2 heterocycles. The number of rotatable bonds is 1. The summed E-state index contributed by atoms with van der Waals surface area (Å²) in [5.41, 5.74) is 10.3. The number of fused-ring (bicyclic) bond motifs is 1. The number of benzene rings is 1. The van der Waals surface area contributed by atoms with Crippen LogP contribution in [0.1, 0.15) is 5.69 Å². The van der Waals surface area contributed by atoms with Crippen LogP contribution in [0.4, 0.5) is 5.69 Å². The zero-order valence-corrected chi connectivity index (χ0v) is 11.3. The lowest BCUT2D eigenvalue weighted by Gasteiger charge is -2.02. The van der Waals surface area contributed by atoms with Crippen molar-refractivity contribution in [2.45, 2.75) is 6.92 Å². The highest BCUT2D eigenvalue weighted by Gasteiger charge is 2.08. The monoisotopic (exact) mass is 302 g/mol. The maximum atomic E-state index is 5.68. The molecule has 0 aliphatic carbocycles. The number of nitrogens with zero attached hydrogens (tertiary/aromatic N) is 3. The molecular weight excluding hydrogens is 292 g/mol. The van der Waals surface area contributed by atoms with Crippen molar-refractivity contribution < 1.29 is 0 Å². The molecule has 0 amide bonds. The fourth-order valence-corrected chi connectivity index (χ4v) is 2.20. The molecule has 0 spiro atoms. The molecule has 0 saturated heterocycles. The Balaban J connectivity index is 2.16. The number of halogens is 1. The molecule has 0 radical (unpaired) electrons. The first-order valence-electron chi connectivity index (χ1n) is 5.51. The molecule has 4 nitrogen and oxygen atoms in total. The Morgan fingerprint density at radius 3 is 2.61 bits per heavy atom. The highest BCUT2D eigenvalue weighted by molar-refractivity contribution is 9.10. The third kappa shape index (κ3) is 1.76. The number of nitrogens with two attached hydrogens (primary N) is 1. The number of aryl methyl sites for hydroxylation is 1. The van der Waals surface area contributed by atoms with Gasteiger partial charge in [-0.1, -0.05) is 12.1 Å². The first kappa shape index (κ1) is 11.2. The SMILES string of the molecule is Cc1nn2cc(-c3ccc(N)cc3)cnc2c1Br. The molecule has 18 heavy (non-hydrogen) atoms. The molecule has 5 heteroatoms. The van der Waals surface area contributed by atoms with Crippen molar-refractivity contribution in [1.29, 1.82) is 0 Å². The van der Waals surface area contributed by atoms with Crippen LogP contribution in [0, 0.1) is 6.92 Å². The largest absolute Gasteiger partial charge is 0.399 e. The number of nitrogen functional groups attached to an aromatic ring is 1. The molecule has 0 aliphatic heterocycles. The van der Waals surface area contributed by atoms with Crippen molar-refractivity contribution in [3.8, 4) is 11.1 Å². The van der Waals surface area contributed by atoms with Gasteiger partial charge in [0.1, 0.15) is 0 Å². The third-order valence-electron chi connectivity index (χ3n) is 2.82. The minimum Gasteiger partial charge on any atom is -0.399 e. The molecule has 0 atom stereocenters. The topological polar surface area (TPSA) is 56.2 Å². The summed E-state index contributed by atoms with van der Waals surface area (Å²) < 4.78 is 2.72. The Kier molecular flexibility index (Phi) is 2.56. The molecule has 0 bridgehead atoms. The molecule has 90 valence electrons. The van der Waals surface area contributed by atoms with Crippen molar-refractivity contribution in [1.82, 2.24) is 14.6 Å². The van der Waals surface area contributed by atoms with Gasteiger partial charge >= 0.3 is 0 Å². The average Bonchev–Trinajstić information content (AvgIpc) is 2.65. The third-order valence-corrected chi connectivity index (χ3v) is 3.75. The van der Waals surface area contributed by atoms with Crippen LogP contribution in [0.15, 0.2) is 41.1 Å². The Labute approximate surface area is 113 Å². The van der Waals surface area contributed by atoms with E-state index in [4.69, 9.17) is 5.73 Å². The molecule has 2 N–H and O–H groups in total. The molecule has 0 unspecified atom stereocenters. The Morgan fingerprint density at radius 2 is 1.89 bits per heavy atom. The average molecular weight is 303 g/mol. The number of hydrogen-bond donors (Lipinski definition) is 1. The van der Waals surface area contributed by atoms with E-state index in [9.17, 15) is 0 Å². The highest BCUT2D eigenvalue weighted by Crippen LogP contribution is 2.24. The van der Waals surface area contributed by atoms with Gasteiger partial charge in [0.2, 0.25) is 0 Å². The van der Waals surface area contributed by atoms with Gasteiger partial charge in [0.25, 0.3) is 0 Å². The minimum absolute atomic E-state index is 0.755. The number of aromatic nitrogens is 3. The summed E-state index contributed by atoms with van der Waals surface area (Å²) in [6.07, 6.45) is 3.80. The zero-order chi connectivity index (χ0) is 12.7. The second-order valence-electron chi connectivity index (χ2n) is 4.13. The van der Waals surface area contributed by atoms with Gasteiger partial charge in [0, 0.05) is 23.6 Å². The Hall–Kier alpha value is -1.88. The molecule has 3 aromatic rings. The van der Waals surface area contributed by atoms with Gasteiger partial charge in [-0.25, -0.2) is 9.50 Å². The van der Waals surface area contributed by atoms with Gasteiger partial charge in [0.15, 0.2) is 5.65 Å². The van der Waals surface area contributed by atoms with Crippen LogP contribution < -0.4 is 5.73 Å². The number of anilines is 1. The summed E-state index contributed by atoms with van der Waals surface area (Å²) in [4.78, 5) is 4.42. The van der Waals surface area contributed by atoms with Gasteiger partial charge in [0.05, 0.1) is 10.2 Å². The van der Waals surface area contributed by atoms with Gasteiger partial charge in [-0.05, 0) is 40.5 Å². The van der Waals surface area contributed by atoms with E-state index in [1.807, 2.05) is 43.6 Å². The van der Waals surface area contributed by atoms with Crippen molar-refractivity contribution in [2.75, 3.05) is 5.73 Å². The fraction of sp³-hybridized carbons (Fsp3) is 0.0769. The van der Waals surface area contributed by atoms with E-state index >= 15 is 0 Å². The fourth-order valence-electron chi connectivity index (χ4n) is 1.84. The standard InChI is InChI=1S/C13H11BrN4/c1-8-12(14)13-16-6-10(7-18(13)17-8)9-2-4-11(15)5-3-9/h2-7H,15H2,1H3. The van der Waals surface area contributed by atoms with Gasteiger partial charge in [-0.15, -0.1) is 0 Å². The molecule has 0 fully saturated rings. The van der Waals surface area contributed by atoms with Crippen LogP contribution in [0.5, 0.6) is 0 Å². The Bertz CT molecular complexity index is 716. The molecule has 2 aromatic heterocycles. The van der Waals surface area contributed by atoms with E-state index in [1.165, 1.54) is 0 Å². The van der Waals surface area contributed by atoms with Crippen LogP contribution >= 0.6 is 15.9 Å². The molecule has 0 aliphatic rings. The van der Waals surface area contributed by atoms with E-state index in [-0.39, 0.29) is 0 Å². The van der Waals surface area contributed by atoms with Crippen LogP contribution in [0.25, 0.3) is 16.8 Å². The second-order valence-corrected chi connectivity index (χ2v) is 4.93. The Morgan fingerprint density at radius 1 is 1.17 bits per heavy atom. The summed E-state index contributed by atoms with van der Waals surface area (Å²) >= 11 is 3.48. The lowest BCUT2D eigenvalue weighted by Crippen LogP contribution is -1.92. The van der Waals surface area contributed by atoms with Crippen molar-refractivity contribution in [2.24, 2.45) is 0 Å². The van der Waals surface area contributed by atoms with Crippen LogP contribution in [0.3, 0.4) is 0 Å². The lowest BCUT2D eigenvalue weighted by atomic mass is 10.1. The maximum Gasteiger partial charge on any atom is 0.169 e. The molecular formula is C13H11BrN4.